The molecule has 0 aliphatic heterocycles. The standard InChI is InChI=1S/C16H20N4O3/c1-2-23-16(22)19-12-8-9-14(20-15(12)17)18-10-13(21)11-6-4-3-5-7-11/h3-9,13,21H,2,10H2,1H3,(H,19,22)(H3,17,18,20). The number of ether oxygens (including phenoxy) is 1. The number of anilines is 3. The number of hydrogen-bond acceptors (Lipinski definition) is 6. The van der Waals surface area contributed by atoms with E-state index in [0.717, 1.165) is 5.56 Å². The van der Waals surface area contributed by atoms with Gasteiger partial charge in [-0.05, 0) is 24.6 Å². The number of benzene rings is 1. The average molecular weight is 316 g/mol. The molecule has 2 rings (SSSR count). The number of carbonyl (C=O) groups is 1. The lowest BCUT2D eigenvalue weighted by Crippen LogP contribution is -2.16. The van der Waals surface area contributed by atoms with Gasteiger partial charge < -0.3 is 20.9 Å². The highest BCUT2D eigenvalue weighted by Crippen LogP contribution is 2.20. The molecule has 1 heterocycles. The van der Waals surface area contributed by atoms with Crippen LogP contribution in [0.1, 0.15) is 18.6 Å². The molecule has 1 amide bonds. The molecule has 0 fully saturated rings. The van der Waals surface area contributed by atoms with E-state index >= 15 is 0 Å². The molecule has 0 spiro atoms. The van der Waals surface area contributed by atoms with Crippen molar-refractivity contribution in [3.8, 4) is 0 Å². The van der Waals surface area contributed by atoms with Gasteiger partial charge in [0.15, 0.2) is 0 Å². The fourth-order valence-corrected chi connectivity index (χ4v) is 1.95. The molecule has 122 valence electrons. The number of nitrogens with two attached hydrogens (primary N) is 1. The van der Waals surface area contributed by atoms with E-state index in [4.69, 9.17) is 10.5 Å². The molecule has 23 heavy (non-hydrogen) atoms. The summed E-state index contributed by atoms with van der Waals surface area (Å²) in [7, 11) is 0. The number of pyridine rings is 1. The van der Waals surface area contributed by atoms with Crippen molar-refractivity contribution < 1.29 is 14.6 Å². The minimum atomic E-state index is -0.656. The first-order valence-electron chi connectivity index (χ1n) is 7.27. The number of carbonyl (C=O) groups excluding carboxylic acids is 1. The van der Waals surface area contributed by atoms with Crippen LogP contribution in [0.3, 0.4) is 0 Å². The zero-order valence-electron chi connectivity index (χ0n) is 12.8. The Morgan fingerprint density at radius 2 is 2.04 bits per heavy atom. The Morgan fingerprint density at radius 3 is 2.70 bits per heavy atom. The SMILES string of the molecule is CCOC(=O)Nc1ccc(NCC(O)c2ccccc2)nc1N. The summed E-state index contributed by atoms with van der Waals surface area (Å²) in [5, 5.41) is 15.6. The van der Waals surface area contributed by atoms with Crippen molar-refractivity contribution in [2.24, 2.45) is 0 Å². The molecule has 0 aliphatic rings. The van der Waals surface area contributed by atoms with Crippen LogP contribution >= 0.6 is 0 Å². The highest BCUT2D eigenvalue weighted by Gasteiger charge is 2.09. The maximum atomic E-state index is 11.4. The van der Waals surface area contributed by atoms with Crippen molar-refractivity contribution in [1.29, 1.82) is 0 Å². The molecule has 2 aromatic rings. The van der Waals surface area contributed by atoms with Gasteiger partial charge in [-0.1, -0.05) is 30.3 Å². The lowest BCUT2D eigenvalue weighted by Gasteiger charge is -2.14. The van der Waals surface area contributed by atoms with Gasteiger partial charge >= 0.3 is 6.09 Å². The van der Waals surface area contributed by atoms with Crippen molar-refractivity contribution >= 4 is 23.4 Å². The first kappa shape index (κ1) is 16.6. The Labute approximate surface area is 134 Å². The van der Waals surface area contributed by atoms with Crippen LogP contribution in [-0.2, 0) is 4.74 Å². The van der Waals surface area contributed by atoms with Crippen molar-refractivity contribution in [3.63, 3.8) is 0 Å². The number of hydrogen-bond donors (Lipinski definition) is 4. The quantitative estimate of drug-likeness (QED) is 0.651. The third-order valence-corrected chi connectivity index (χ3v) is 3.10. The Balaban J connectivity index is 1.94. The smallest absolute Gasteiger partial charge is 0.411 e. The van der Waals surface area contributed by atoms with Crippen LogP contribution in [0.15, 0.2) is 42.5 Å². The van der Waals surface area contributed by atoms with E-state index < -0.39 is 12.2 Å². The number of aromatic nitrogens is 1. The van der Waals surface area contributed by atoms with Gasteiger partial charge in [-0.2, -0.15) is 0 Å². The Kier molecular flexibility index (Phi) is 5.76. The number of aliphatic hydroxyl groups excluding tert-OH is 1. The van der Waals surface area contributed by atoms with Crippen molar-refractivity contribution in [1.82, 2.24) is 4.98 Å². The fourth-order valence-electron chi connectivity index (χ4n) is 1.95. The third kappa shape index (κ3) is 4.86. The lowest BCUT2D eigenvalue weighted by molar-refractivity contribution is 0.168. The molecule has 0 bridgehead atoms. The minimum absolute atomic E-state index is 0.164. The zero-order valence-corrected chi connectivity index (χ0v) is 12.8. The summed E-state index contributed by atoms with van der Waals surface area (Å²) in [6.45, 7) is 2.28. The zero-order chi connectivity index (χ0) is 16.7. The summed E-state index contributed by atoms with van der Waals surface area (Å²) in [6, 6.07) is 12.6. The van der Waals surface area contributed by atoms with E-state index in [2.05, 4.69) is 15.6 Å². The molecule has 0 saturated heterocycles. The Hall–Kier alpha value is -2.80. The molecule has 0 radical (unpaired) electrons. The molecule has 1 atom stereocenters. The van der Waals surface area contributed by atoms with E-state index in [1.54, 1.807) is 19.1 Å². The highest BCUT2D eigenvalue weighted by atomic mass is 16.5. The van der Waals surface area contributed by atoms with Gasteiger partial charge in [-0.25, -0.2) is 9.78 Å². The van der Waals surface area contributed by atoms with Crippen LogP contribution in [0.4, 0.5) is 22.1 Å². The second kappa shape index (κ2) is 8.00. The molecular formula is C16H20N4O3. The van der Waals surface area contributed by atoms with Crippen LogP contribution in [0, 0.1) is 0 Å². The van der Waals surface area contributed by atoms with Crippen molar-refractivity contribution in [3.05, 3.63) is 48.0 Å². The molecule has 7 heteroatoms. The van der Waals surface area contributed by atoms with E-state index in [9.17, 15) is 9.90 Å². The molecule has 0 saturated carbocycles. The Bertz CT molecular complexity index is 649. The van der Waals surface area contributed by atoms with Crippen LogP contribution < -0.4 is 16.4 Å². The summed E-state index contributed by atoms with van der Waals surface area (Å²) in [5.74, 6) is 0.671. The van der Waals surface area contributed by atoms with Crippen LogP contribution in [-0.4, -0.2) is 29.3 Å². The van der Waals surface area contributed by atoms with E-state index in [1.807, 2.05) is 30.3 Å². The van der Waals surface area contributed by atoms with Gasteiger partial charge in [-0.15, -0.1) is 0 Å². The van der Waals surface area contributed by atoms with E-state index in [0.29, 0.717) is 18.1 Å². The van der Waals surface area contributed by atoms with Gasteiger partial charge in [0.05, 0.1) is 18.4 Å². The second-order valence-electron chi connectivity index (χ2n) is 4.78. The maximum absolute atomic E-state index is 11.4. The summed E-state index contributed by atoms with van der Waals surface area (Å²) in [4.78, 5) is 15.5. The monoisotopic (exact) mass is 316 g/mol. The molecule has 7 nitrogen and oxygen atoms in total. The first-order chi connectivity index (χ1) is 11.1. The molecule has 1 aromatic carbocycles. The second-order valence-corrected chi connectivity index (χ2v) is 4.78. The van der Waals surface area contributed by atoms with Gasteiger partial charge in [0.2, 0.25) is 0 Å². The molecule has 1 aromatic heterocycles. The number of nitrogens with zero attached hydrogens (tertiary/aromatic N) is 1. The predicted octanol–water partition coefficient (Wildman–Crippen LogP) is 2.38. The first-order valence-corrected chi connectivity index (χ1v) is 7.27. The van der Waals surface area contributed by atoms with Crippen LogP contribution in [0.5, 0.6) is 0 Å². The van der Waals surface area contributed by atoms with Gasteiger partial charge in [-0.3, -0.25) is 5.32 Å². The normalized spacial score (nSPS) is 11.6. The lowest BCUT2D eigenvalue weighted by atomic mass is 10.1. The van der Waals surface area contributed by atoms with Crippen molar-refractivity contribution in [2.75, 3.05) is 29.5 Å². The van der Waals surface area contributed by atoms with E-state index in [-0.39, 0.29) is 12.4 Å². The van der Waals surface area contributed by atoms with Gasteiger partial charge in [0.1, 0.15) is 11.6 Å². The summed E-state index contributed by atoms with van der Waals surface area (Å²) >= 11 is 0. The molecule has 5 N–H and O–H groups in total. The number of nitrogen functional groups attached to an aromatic ring is 1. The number of aliphatic hydroxyl groups is 1. The number of nitrogens with one attached hydrogen (secondary N) is 2. The number of amides is 1. The number of rotatable bonds is 6. The topological polar surface area (TPSA) is 110 Å². The summed E-state index contributed by atoms with van der Waals surface area (Å²) < 4.78 is 4.78. The minimum Gasteiger partial charge on any atom is -0.450 e. The fraction of sp³-hybridized carbons (Fsp3) is 0.250. The van der Waals surface area contributed by atoms with Gasteiger partial charge in [0, 0.05) is 6.54 Å². The Morgan fingerprint density at radius 1 is 1.30 bits per heavy atom. The molecule has 1 unspecified atom stereocenters. The van der Waals surface area contributed by atoms with Crippen molar-refractivity contribution in [2.45, 2.75) is 13.0 Å². The summed E-state index contributed by atoms with van der Waals surface area (Å²) in [5.41, 5.74) is 6.99. The predicted molar refractivity (Wildman–Crippen MR) is 89.2 cm³/mol. The highest BCUT2D eigenvalue weighted by molar-refractivity contribution is 5.88. The van der Waals surface area contributed by atoms with E-state index in [1.165, 1.54) is 0 Å². The largest absolute Gasteiger partial charge is 0.450 e. The maximum Gasteiger partial charge on any atom is 0.411 e. The van der Waals surface area contributed by atoms with Crippen LogP contribution in [0.25, 0.3) is 0 Å². The van der Waals surface area contributed by atoms with Crippen LogP contribution in [0.2, 0.25) is 0 Å². The molecular weight excluding hydrogens is 296 g/mol. The average Bonchev–Trinajstić information content (AvgIpc) is 2.56. The third-order valence-electron chi connectivity index (χ3n) is 3.10. The van der Waals surface area contributed by atoms with Gasteiger partial charge in [0.25, 0.3) is 0 Å². The molecule has 0 aliphatic carbocycles. The summed E-state index contributed by atoms with van der Waals surface area (Å²) in [6.07, 6.45) is -1.24.